The third kappa shape index (κ3) is 9.91. The molecule has 0 N–H and O–H groups in total. The van der Waals surface area contributed by atoms with Crippen molar-refractivity contribution in [3.8, 4) is 0 Å². The Labute approximate surface area is 337 Å². The predicted octanol–water partition coefficient (Wildman–Crippen LogP) is 7.42. The molecular weight excluding hydrogens is 774 g/mol. The molecule has 2 aliphatic rings. The van der Waals surface area contributed by atoms with Crippen LogP contribution in [0.1, 0.15) is 49.1 Å². The molecule has 56 heavy (non-hydrogen) atoms. The number of hydrogen-bond acceptors (Lipinski definition) is 10. The summed E-state index contributed by atoms with van der Waals surface area (Å²) in [5.41, 5.74) is 4.19. The molecule has 15 heteroatoms. The first kappa shape index (κ1) is 38.9. The monoisotopic (exact) mass is 812 g/mol. The molecule has 0 atom stereocenters. The summed E-state index contributed by atoms with van der Waals surface area (Å²) in [6.07, 6.45) is 1.37. The van der Waals surface area contributed by atoms with E-state index in [9.17, 15) is 18.4 Å². The zero-order valence-electron chi connectivity index (χ0n) is 30.7. The van der Waals surface area contributed by atoms with Gasteiger partial charge in [-0.05, 0) is 66.6 Å². The number of piperazine rings is 2. The molecule has 2 saturated heterocycles. The maximum atomic E-state index is 13.9. The molecule has 6 aromatic rings. The molecule has 0 bridgehead atoms. The number of carbonyl (C=O) groups is 2. The molecule has 2 aliphatic heterocycles. The van der Waals surface area contributed by atoms with Crippen LogP contribution in [0, 0.1) is 18.6 Å². The van der Waals surface area contributed by atoms with Crippen molar-refractivity contribution in [3.05, 3.63) is 153 Å². The summed E-state index contributed by atoms with van der Waals surface area (Å²) in [6, 6.07) is 27.9. The third-order valence-electron chi connectivity index (χ3n) is 9.54. The van der Waals surface area contributed by atoms with Gasteiger partial charge in [0.1, 0.15) is 23.3 Å². The van der Waals surface area contributed by atoms with Crippen molar-refractivity contribution in [1.29, 1.82) is 0 Å². The number of amides is 2. The van der Waals surface area contributed by atoms with Crippen LogP contribution in [0.25, 0.3) is 0 Å². The molecule has 0 radical (unpaired) electrons. The van der Waals surface area contributed by atoms with E-state index in [1.165, 1.54) is 70.6 Å². The quantitative estimate of drug-likeness (QED) is 0.157. The number of anilines is 2. The van der Waals surface area contributed by atoms with Gasteiger partial charge in [0.15, 0.2) is 0 Å². The van der Waals surface area contributed by atoms with Crippen LogP contribution >= 0.6 is 34.7 Å². The number of halogens is 3. The van der Waals surface area contributed by atoms with E-state index < -0.39 is 5.82 Å². The van der Waals surface area contributed by atoms with Crippen LogP contribution in [0.5, 0.6) is 0 Å². The summed E-state index contributed by atoms with van der Waals surface area (Å²) < 4.78 is 35.8. The molecule has 4 aromatic carbocycles. The average molecular weight is 813 g/mol. The van der Waals surface area contributed by atoms with E-state index in [4.69, 9.17) is 11.6 Å². The van der Waals surface area contributed by atoms with E-state index in [0.29, 0.717) is 69.4 Å². The summed E-state index contributed by atoms with van der Waals surface area (Å²) >= 11 is 8.69. The van der Waals surface area contributed by atoms with Gasteiger partial charge in [0.2, 0.25) is 10.3 Å². The smallest absolute Gasteiger partial charge is 0.256 e. The normalized spacial score (nSPS) is 14.4. The SMILES string of the molecule is Cc1ccc(Cc2nsc(N3CCN(C(=O)c4ccc(F)cc4)CC3)n2)cc1.O=C(c1ccccc1F)N1CCN(c2nc(Cc3ccc(Cl)cc3)ns2)CC1. The van der Waals surface area contributed by atoms with Gasteiger partial charge >= 0.3 is 0 Å². The number of aromatic nitrogens is 4. The molecule has 2 fully saturated rings. The Morgan fingerprint density at radius 3 is 1.62 bits per heavy atom. The maximum absolute atomic E-state index is 13.9. The summed E-state index contributed by atoms with van der Waals surface area (Å²) in [5, 5.41) is 2.46. The Hall–Kier alpha value is -5.31. The van der Waals surface area contributed by atoms with Crippen molar-refractivity contribution < 1.29 is 18.4 Å². The Morgan fingerprint density at radius 1 is 0.625 bits per heavy atom. The van der Waals surface area contributed by atoms with Gasteiger partial charge in [0, 0.05) is 98.9 Å². The average Bonchev–Trinajstić information content (AvgIpc) is 3.90. The van der Waals surface area contributed by atoms with Crippen LogP contribution in [-0.2, 0) is 12.8 Å². The highest BCUT2D eigenvalue weighted by molar-refractivity contribution is 7.10. The largest absolute Gasteiger partial charge is 0.343 e. The van der Waals surface area contributed by atoms with E-state index in [1.54, 1.807) is 21.9 Å². The molecule has 10 nitrogen and oxygen atoms in total. The van der Waals surface area contributed by atoms with Crippen molar-refractivity contribution in [1.82, 2.24) is 28.5 Å². The third-order valence-corrected chi connectivity index (χ3v) is 11.4. The second-order valence-electron chi connectivity index (χ2n) is 13.5. The minimum absolute atomic E-state index is 0.0584. The highest BCUT2D eigenvalue weighted by Crippen LogP contribution is 2.23. The van der Waals surface area contributed by atoms with Gasteiger partial charge in [-0.25, -0.2) is 18.7 Å². The standard InChI is InChI=1S/C21H21FN4OS.C20H18ClFN4OS/c1-15-2-4-16(5-3-15)14-19-23-21(28-24-19)26-12-10-25(11-13-26)20(27)17-6-8-18(22)9-7-17;21-15-7-5-14(6-8-15)13-18-23-20(28-24-18)26-11-9-25(10-12-26)19(27)16-3-1-2-4-17(16)22/h2-9H,10-14H2,1H3;1-8H,9-13H2. The van der Waals surface area contributed by atoms with Crippen LogP contribution < -0.4 is 9.80 Å². The van der Waals surface area contributed by atoms with E-state index in [1.807, 2.05) is 24.3 Å². The molecule has 2 amide bonds. The topological polar surface area (TPSA) is 98.7 Å². The maximum Gasteiger partial charge on any atom is 0.256 e. The first-order valence-corrected chi connectivity index (χ1v) is 20.1. The Morgan fingerprint density at radius 2 is 1.11 bits per heavy atom. The van der Waals surface area contributed by atoms with E-state index >= 15 is 0 Å². The van der Waals surface area contributed by atoms with Gasteiger partial charge in [-0.3, -0.25) is 9.59 Å². The zero-order chi connectivity index (χ0) is 39.0. The lowest BCUT2D eigenvalue weighted by molar-refractivity contribution is 0.0736. The highest BCUT2D eigenvalue weighted by atomic mass is 35.5. The fourth-order valence-corrected chi connectivity index (χ4v) is 7.94. The molecule has 288 valence electrons. The van der Waals surface area contributed by atoms with Crippen LogP contribution in [0.4, 0.5) is 19.0 Å². The van der Waals surface area contributed by atoms with Crippen molar-refractivity contribution in [2.24, 2.45) is 0 Å². The van der Waals surface area contributed by atoms with Crippen LogP contribution in [0.2, 0.25) is 5.02 Å². The molecule has 0 spiro atoms. The molecular formula is C41H39ClF2N8O2S2. The van der Waals surface area contributed by atoms with Crippen molar-refractivity contribution in [2.75, 3.05) is 62.2 Å². The minimum Gasteiger partial charge on any atom is -0.343 e. The lowest BCUT2D eigenvalue weighted by Crippen LogP contribution is -2.49. The van der Waals surface area contributed by atoms with Gasteiger partial charge in [-0.1, -0.05) is 65.7 Å². The number of rotatable bonds is 8. The highest BCUT2D eigenvalue weighted by Gasteiger charge is 2.26. The number of nitrogens with zero attached hydrogens (tertiary/aromatic N) is 8. The van der Waals surface area contributed by atoms with Gasteiger partial charge in [-0.2, -0.15) is 8.75 Å². The fourth-order valence-electron chi connectivity index (χ4n) is 6.35. The molecule has 0 unspecified atom stereocenters. The van der Waals surface area contributed by atoms with Crippen molar-refractivity contribution in [2.45, 2.75) is 19.8 Å². The minimum atomic E-state index is -0.481. The summed E-state index contributed by atoms with van der Waals surface area (Å²) in [5.74, 6) is 0.459. The Bertz CT molecular complexity index is 2240. The number of carbonyl (C=O) groups excluding carboxylic acids is 2. The van der Waals surface area contributed by atoms with Crippen LogP contribution in [-0.4, -0.2) is 92.7 Å². The predicted molar refractivity (Wildman–Crippen MR) is 217 cm³/mol. The van der Waals surface area contributed by atoms with Gasteiger partial charge < -0.3 is 19.6 Å². The lowest BCUT2D eigenvalue weighted by atomic mass is 10.1. The second kappa shape index (κ2) is 18.1. The van der Waals surface area contributed by atoms with Crippen LogP contribution in [0.15, 0.2) is 97.1 Å². The lowest BCUT2D eigenvalue weighted by Gasteiger charge is -2.34. The fraction of sp³-hybridized carbons (Fsp3) is 0.268. The molecule has 2 aromatic heterocycles. The zero-order valence-corrected chi connectivity index (χ0v) is 33.0. The van der Waals surface area contributed by atoms with Crippen molar-refractivity contribution >= 4 is 56.7 Å². The Balaban J connectivity index is 0.000000172. The van der Waals surface area contributed by atoms with E-state index in [-0.39, 0.29) is 23.2 Å². The van der Waals surface area contributed by atoms with Crippen molar-refractivity contribution in [3.63, 3.8) is 0 Å². The number of hydrogen-bond donors (Lipinski definition) is 0. The summed E-state index contributed by atoms with van der Waals surface area (Å²) in [7, 11) is 0. The second-order valence-corrected chi connectivity index (χ2v) is 15.4. The molecule has 4 heterocycles. The molecule has 0 aliphatic carbocycles. The van der Waals surface area contributed by atoms with Gasteiger partial charge in [0.25, 0.3) is 11.8 Å². The summed E-state index contributed by atoms with van der Waals surface area (Å²) in [4.78, 5) is 42.2. The van der Waals surface area contributed by atoms with E-state index in [0.717, 1.165) is 33.9 Å². The van der Waals surface area contributed by atoms with Crippen LogP contribution in [0.3, 0.4) is 0 Å². The van der Waals surface area contributed by atoms with Gasteiger partial charge in [-0.15, -0.1) is 0 Å². The number of benzene rings is 4. The summed E-state index contributed by atoms with van der Waals surface area (Å²) in [6.45, 7) is 7.08. The number of aryl methyl sites for hydroxylation is 1. The molecule has 0 saturated carbocycles. The Kier molecular flexibility index (Phi) is 12.6. The van der Waals surface area contributed by atoms with E-state index in [2.05, 4.69) is 59.7 Å². The van der Waals surface area contributed by atoms with Gasteiger partial charge in [0.05, 0.1) is 5.56 Å². The molecule has 8 rings (SSSR count). The first-order chi connectivity index (χ1) is 27.2. The first-order valence-electron chi connectivity index (χ1n) is 18.2.